The van der Waals surface area contributed by atoms with Gasteiger partial charge < -0.3 is 15.4 Å². The average Bonchev–Trinajstić information content (AvgIpc) is 2.84. The van der Waals surface area contributed by atoms with Crippen LogP contribution in [0.2, 0.25) is 0 Å². The van der Waals surface area contributed by atoms with Gasteiger partial charge in [-0.3, -0.25) is 4.79 Å². The highest BCUT2D eigenvalue weighted by molar-refractivity contribution is 5.93. The third-order valence-corrected chi connectivity index (χ3v) is 3.15. The molecule has 1 aromatic carbocycles. The van der Waals surface area contributed by atoms with E-state index < -0.39 is 29.3 Å². The molecule has 110 valence electrons. The number of halogens is 3. The molecule has 0 saturated carbocycles. The molecule has 1 amide bonds. The molecule has 1 saturated heterocycles. The molecule has 2 atom stereocenters. The van der Waals surface area contributed by atoms with E-state index in [1.807, 2.05) is 6.92 Å². The first kappa shape index (κ1) is 14.8. The summed E-state index contributed by atoms with van der Waals surface area (Å²) < 4.78 is 44.5. The number of nitrogens with one attached hydrogen (secondary N) is 2. The van der Waals surface area contributed by atoms with Gasteiger partial charge in [0.15, 0.2) is 11.6 Å². The lowest BCUT2D eigenvalue weighted by atomic mass is 10.0. The Labute approximate surface area is 114 Å². The van der Waals surface area contributed by atoms with Gasteiger partial charge in [0.25, 0.3) is 0 Å². The molecule has 1 aliphatic heterocycles. The second kappa shape index (κ2) is 6.23. The Morgan fingerprint density at radius 1 is 1.25 bits per heavy atom. The average molecular weight is 288 g/mol. The highest BCUT2D eigenvalue weighted by Crippen LogP contribution is 2.21. The first-order chi connectivity index (χ1) is 9.52. The molecule has 0 aromatic heterocycles. The van der Waals surface area contributed by atoms with Gasteiger partial charge in [-0.15, -0.1) is 0 Å². The number of carbonyl (C=O) groups is 1. The Morgan fingerprint density at radius 2 is 1.95 bits per heavy atom. The van der Waals surface area contributed by atoms with Gasteiger partial charge in [-0.25, -0.2) is 13.2 Å². The Bertz CT molecular complexity index is 511. The first-order valence-electron chi connectivity index (χ1n) is 6.29. The molecule has 0 bridgehead atoms. The Kier molecular flexibility index (Phi) is 4.61. The van der Waals surface area contributed by atoms with Crippen molar-refractivity contribution in [1.82, 2.24) is 5.32 Å². The van der Waals surface area contributed by atoms with Crippen LogP contribution in [0.3, 0.4) is 0 Å². The van der Waals surface area contributed by atoms with Crippen LogP contribution in [0.5, 0.6) is 0 Å². The van der Waals surface area contributed by atoms with Crippen LogP contribution in [0.1, 0.15) is 6.92 Å². The number of likely N-dealkylation sites (N-methyl/N-ethyl adjacent to an activating group) is 1. The minimum atomic E-state index is -1.30. The van der Waals surface area contributed by atoms with Crippen molar-refractivity contribution in [3.05, 3.63) is 29.6 Å². The first-order valence-corrected chi connectivity index (χ1v) is 6.29. The predicted molar refractivity (Wildman–Crippen MR) is 66.7 cm³/mol. The molecule has 0 spiro atoms. The molecular formula is C13H15F3N2O2. The standard InChI is InChI=1S/C13H15F3N2O2/c1-2-17-12-6-20-5-7(12)13(19)18-11-4-9(15)8(14)3-10(11)16/h3-4,7,12,17H,2,5-6H2,1H3,(H,18,19). The molecule has 20 heavy (non-hydrogen) atoms. The van der Waals surface area contributed by atoms with E-state index in [1.54, 1.807) is 0 Å². The summed E-state index contributed by atoms with van der Waals surface area (Å²) in [7, 11) is 0. The minimum absolute atomic E-state index is 0.173. The summed E-state index contributed by atoms with van der Waals surface area (Å²) in [6.07, 6.45) is 0. The maximum absolute atomic E-state index is 13.5. The number of carbonyl (C=O) groups excluding carboxylic acids is 1. The van der Waals surface area contributed by atoms with E-state index in [0.29, 0.717) is 25.3 Å². The van der Waals surface area contributed by atoms with Crippen molar-refractivity contribution in [2.75, 3.05) is 25.1 Å². The molecular weight excluding hydrogens is 273 g/mol. The Hall–Kier alpha value is -1.60. The number of ether oxygens (including phenoxy) is 1. The number of amides is 1. The highest BCUT2D eigenvalue weighted by Gasteiger charge is 2.33. The van der Waals surface area contributed by atoms with E-state index in [1.165, 1.54) is 0 Å². The number of hydrogen-bond donors (Lipinski definition) is 2. The molecule has 0 radical (unpaired) electrons. The van der Waals surface area contributed by atoms with E-state index in [-0.39, 0.29) is 18.3 Å². The second-order valence-electron chi connectivity index (χ2n) is 4.54. The maximum Gasteiger partial charge on any atom is 0.231 e. The van der Waals surface area contributed by atoms with Gasteiger partial charge in [-0.05, 0) is 6.54 Å². The van der Waals surface area contributed by atoms with Crippen LogP contribution in [0.4, 0.5) is 18.9 Å². The lowest BCUT2D eigenvalue weighted by Crippen LogP contribution is -2.41. The van der Waals surface area contributed by atoms with Crippen molar-refractivity contribution in [2.45, 2.75) is 13.0 Å². The fourth-order valence-electron chi connectivity index (χ4n) is 2.12. The summed E-state index contributed by atoms with van der Waals surface area (Å²) in [5, 5.41) is 5.35. The molecule has 2 N–H and O–H groups in total. The van der Waals surface area contributed by atoms with Gasteiger partial charge in [-0.1, -0.05) is 6.92 Å². The number of anilines is 1. The SMILES string of the molecule is CCNC1COCC1C(=O)Nc1cc(F)c(F)cc1F. The summed E-state index contributed by atoms with van der Waals surface area (Å²) in [5.41, 5.74) is -0.379. The topological polar surface area (TPSA) is 50.4 Å². The molecule has 2 rings (SSSR count). The zero-order valence-corrected chi connectivity index (χ0v) is 10.9. The molecule has 1 aliphatic rings. The third-order valence-electron chi connectivity index (χ3n) is 3.15. The van der Waals surface area contributed by atoms with Crippen molar-refractivity contribution < 1.29 is 22.7 Å². The van der Waals surface area contributed by atoms with Gasteiger partial charge in [0.1, 0.15) is 5.82 Å². The van der Waals surface area contributed by atoms with Crippen LogP contribution in [0, 0.1) is 23.4 Å². The van der Waals surface area contributed by atoms with Gasteiger partial charge in [-0.2, -0.15) is 0 Å². The largest absolute Gasteiger partial charge is 0.379 e. The smallest absolute Gasteiger partial charge is 0.231 e. The second-order valence-corrected chi connectivity index (χ2v) is 4.54. The lowest BCUT2D eigenvalue weighted by Gasteiger charge is -2.18. The van der Waals surface area contributed by atoms with Crippen molar-refractivity contribution in [3.63, 3.8) is 0 Å². The van der Waals surface area contributed by atoms with E-state index in [2.05, 4.69) is 10.6 Å². The zero-order chi connectivity index (χ0) is 14.7. The van der Waals surface area contributed by atoms with Crippen LogP contribution in [0.15, 0.2) is 12.1 Å². The van der Waals surface area contributed by atoms with Gasteiger partial charge in [0.05, 0.1) is 24.8 Å². The molecule has 4 nitrogen and oxygen atoms in total. The monoisotopic (exact) mass is 288 g/mol. The molecule has 1 aromatic rings. The van der Waals surface area contributed by atoms with Crippen molar-refractivity contribution >= 4 is 11.6 Å². The highest BCUT2D eigenvalue weighted by atomic mass is 19.2. The van der Waals surface area contributed by atoms with Crippen LogP contribution >= 0.6 is 0 Å². The number of hydrogen-bond acceptors (Lipinski definition) is 3. The predicted octanol–water partition coefficient (Wildman–Crippen LogP) is 1.67. The van der Waals surface area contributed by atoms with Gasteiger partial charge in [0.2, 0.25) is 5.91 Å². The normalized spacial score (nSPS) is 22.0. The summed E-state index contributed by atoms with van der Waals surface area (Å²) in [6.45, 7) is 3.14. The van der Waals surface area contributed by atoms with Crippen molar-refractivity contribution in [3.8, 4) is 0 Å². The summed E-state index contributed by atoms with van der Waals surface area (Å²) in [4.78, 5) is 12.0. The Balaban J connectivity index is 2.09. The minimum Gasteiger partial charge on any atom is -0.379 e. The van der Waals surface area contributed by atoms with Crippen molar-refractivity contribution in [1.29, 1.82) is 0 Å². The van der Waals surface area contributed by atoms with E-state index in [4.69, 9.17) is 4.74 Å². The summed E-state index contributed by atoms with van der Waals surface area (Å²) in [6, 6.07) is 0.853. The van der Waals surface area contributed by atoms with Crippen LogP contribution < -0.4 is 10.6 Å². The fourth-order valence-corrected chi connectivity index (χ4v) is 2.12. The van der Waals surface area contributed by atoms with Crippen molar-refractivity contribution in [2.24, 2.45) is 5.92 Å². The summed E-state index contributed by atoms with van der Waals surface area (Å²) >= 11 is 0. The molecule has 1 fully saturated rings. The molecule has 1 heterocycles. The maximum atomic E-state index is 13.5. The fraction of sp³-hybridized carbons (Fsp3) is 0.462. The van der Waals surface area contributed by atoms with Gasteiger partial charge in [0, 0.05) is 18.2 Å². The van der Waals surface area contributed by atoms with E-state index in [0.717, 1.165) is 0 Å². The van der Waals surface area contributed by atoms with Crippen LogP contribution in [-0.2, 0) is 9.53 Å². The third kappa shape index (κ3) is 3.10. The molecule has 2 unspecified atom stereocenters. The zero-order valence-electron chi connectivity index (χ0n) is 10.9. The number of rotatable bonds is 4. The van der Waals surface area contributed by atoms with Crippen LogP contribution in [0.25, 0.3) is 0 Å². The summed E-state index contributed by atoms with van der Waals surface area (Å²) in [5.74, 6) is -4.51. The number of benzene rings is 1. The molecule has 7 heteroatoms. The van der Waals surface area contributed by atoms with Crippen LogP contribution in [-0.4, -0.2) is 31.7 Å². The molecule has 0 aliphatic carbocycles. The Morgan fingerprint density at radius 3 is 2.65 bits per heavy atom. The van der Waals surface area contributed by atoms with Gasteiger partial charge >= 0.3 is 0 Å². The van der Waals surface area contributed by atoms with E-state index in [9.17, 15) is 18.0 Å². The lowest BCUT2D eigenvalue weighted by molar-refractivity contribution is -0.120. The quantitative estimate of drug-likeness (QED) is 0.829. The van der Waals surface area contributed by atoms with E-state index >= 15 is 0 Å².